The van der Waals surface area contributed by atoms with Crippen molar-refractivity contribution in [3.05, 3.63) is 65.2 Å². The average molecular weight is 454 g/mol. The maximum atomic E-state index is 13.1. The van der Waals surface area contributed by atoms with Gasteiger partial charge in [-0.3, -0.25) is 9.59 Å². The second-order valence-electron chi connectivity index (χ2n) is 7.77. The highest BCUT2D eigenvalue weighted by molar-refractivity contribution is 7.98. The second-order valence-corrected chi connectivity index (χ2v) is 8.75. The molecule has 2 atom stereocenters. The standard InChI is InChI=1S/C23H23N3O5S/c1-32-10-9-18(22(29)30)24-20(27)15-7-4-8-17(11-15)26-21(28)19-12-14-5-2-3-6-16(14)13-25(19)23(26)31/h2-8,11,18-19H,9-10,12-13H2,1H3,(H,24,27)(H,29,30)/t18-,19-/m0/s1. The van der Waals surface area contributed by atoms with Gasteiger partial charge in [-0.05, 0) is 47.8 Å². The summed E-state index contributed by atoms with van der Waals surface area (Å²) in [5.41, 5.74) is 2.55. The van der Waals surface area contributed by atoms with Crippen LogP contribution in [0.25, 0.3) is 0 Å². The lowest BCUT2D eigenvalue weighted by atomic mass is 9.95. The summed E-state index contributed by atoms with van der Waals surface area (Å²) in [4.78, 5) is 53.0. The van der Waals surface area contributed by atoms with Gasteiger partial charge in [0, 0.05) is 18.5 Å². The van der Waals surface area contributed by atoms with Gasteiger partial charge in [-0.1, -0.05) is 30.3 Å². The van der Waals surface area contributed by atoms with Crippen LogP contribution in [-0.4, -0.2) is 57.9 Å². The predicted octanol–water partition coefficient (Wildman–Crippen LogP) is 2.52. The van der Waals surface area contributed by atoms with Gasteiger partial charge in [0.05, 0.1) is 5.69 Å². The first-order chi connectivity index (χ1) is 15.4. The van der Waals surface area contributed by atoms with Crippen molar-refractivity contribution in [1.29, 1.82) is 0 Å². The van der Waals surface area contributed by atoms with Crippen molar-refractivity contribution in [2.45, 2.75) is 31.5 Å². The minimum Gasteiger partial charge on any atom is -0.480 e. The third-order valence-corrected chi connectivity index (χ3v) is 6.42. The van der Waals surface area contributed by atoms with Crippen molar-refractivity contribution in [2.75, 3.05) is 16.9 Å². The number of hydrogen-bond donors (Lipinski definition) is 2. The van der Waals surface area contributed by atoms with Crippen LogP contribution in [0.4, 0.5) is 10.5 Å². The van der Waals surface area contributed by atoms with Crippen molar-refractivity contribution in [3.63, 3.8) is 0 Å². The number of anilines is 1. The van der Waals surface area contributed by atoms with E-state index in [0.29, 0.717) is 30.8 Å². The maximum absolute atomic E-state index is 13.1. The van der Waals surface area contributed by atoms with E-state index in [1.165, 1.54) is 23.9 Å². The van der Waals surface area contributed by atoms with Crippen LogP contribution in [0, 0.1) is 0 Å². The quantitative estimate of drug-likeness (QED) is 0.624. The van der Waals surface area contributed by atoms with Crippen LogP contribution in [0.3, 0.4) is 0 Å². The molecule has 0 bridgehead atoms. The summed E-state index contributed by atoms with van der Waals surface area (Å²) in [6.45, 7) is 0.359. The molecule has 4 rings (SSSR count). The van der Waals surface area contributed by atoms with Gasteiger partial charge in [-0.25, -0.2) is 14.5 Å². The largest absolute Gasteiger partial charge is 0.480 e. The van der Waals surface area contributed by atoms with Gasteiger partial charge in [0.25, 0.3) is 11.8 Å². The zero-order valence-electron chi connectivity index (χ0n) is 17.5. The van der Waals surface area contributed by atoms with Gasteiger partial charge in [0.15, 0.2) is 0 Å². The van der Waals surface area contributed by atoms with Gasteiger partial charge in [-0.2, -0.15) is 11.8 Å². The Morgan fingerprint density at radius 1 is 1.16 bits per heavy atom. The van der Waals surface area contributed by atoms with Crippen molar-refractivity contribution in [2.24, 2.45) is 0 Å². The molecule has 32 heavy (non-hydrogen) atoms. The Morgan fingerprint density at radius 2 is 1.91 bits per heavy atom. The summed E-state index contributed by atoms with van der Waals surface area (Å²) in [5.74, 6) is -1.41. The topological polar surface area (TPSA) is 107 Å². The monoisotopic (exact) mass is 453 g/mol. The zero-order chi connectivity index (χ0) is 22.8. The number of imide groups is 1. The Labute approximate surface area is 189 Å². The van der Waals surface area contributed by atoms with E-state index < -0.39 is 30.0 Å². The lowest BCUT2D eigenvalue weighted by Crippen LogP contribution is -2.41. The molecule has 2 aliphatic rings. The Morgan fingerprint density at radius 3 is 2.62 bits per heavy atom. The van der Waals surface area contributed by atoms with E-state index in [2.05, 4.69) is 5.32 Å². The molecule has 0 radical (unpaired) electrons. The summed E-state index contributed by atoms with van der Waals surface area (Å²) in [6.07, 6.45) is 2.61. The number of thioether (sulfide) groups is 1. The number of nitrogens with zero attached hydrogens (tertiary/aromatic N) is 2. The summed E-state index contributed by atoms with van der Waals surface area (Å²) >= 11 is 1.49. The molecule has 1 fully saturated rings. The summed E-state index contributed by atoms with van der Waals surface area (Å²) < 4.78 is 0. The highest BCUT2D eigenvalue weighted by Crippen LogP contribution is 2.33. The molecule has 8 nitrogen and oxygen atoms in total. The van der Waals surface area contributed by atoms with Gasteiger partial charge >= 0.3 is 12.0 Å². The van der Waals surface area contributed by atoms with E-state index in [-0.39, 0.29) is 11.5 Å². The first-order valence-electron chi connectivity index (χ1n) is 10.2. The van der Waals surface area contributed by atoms with Crippen molar-refractivity contribution >= 4 is 41.3 Å². The number of carbonyl (C=O) groups excluding carboxylic acids is 3. The first kappa shape index (κ1) is 21.9. The highest BCUT2D eigenvalue weighted by atomic mass is 32.2. The van der Waals surface area contributed by atoms with E-state index in [1.807, 2.05) is 30.5 Å². The Bertz CT molecular complexity index is 1050. The molecule has 9 heteroatoms. The molecule has 0 spiro atoms. The predicted molar refractivity (Wildman–Crippen MR) is 121 cm³/mol. The molecule has 0 aromatic heterocycles. The molecule has 166 valence electrons. The molecule has 4 amide bonds. The maximum Gasteiger partial charge on any atom is 0.332 e. The Kier molecular flexibility index (Phi) is 6.18. The molecule has 0 unspecified atom stereocenters. The minimum atomic E-state index is -1.11. The number of carbonyl (C=O) groups is 4. The van der Waals surface area contributed by atoms with E-state index in [1.54, 1.807) is 17.0 Å². The number of carboxylic acids is 1. The summed E-state index contributed by atoms with van der Waals surface area (Å²) in [6, 6.07) is 11.9. The van der Waals surface area contributed by atoms with Gasteiger partial charge in [-0.15, -0.1) is 0 Å². The molecule has 2 aromatic carbocycles. The summed E-state index contributed by atoms with van der Waals surface area (Å²) in [5, 5.41) is 11.9. The molecular weight excluding hydrogens is 430 g/mol. The van der Waals surface area contributed by atoms with Crippen LogP contribution < -0.4 is 10.2 Å². The fourth-order valence-corrected chi connectivity index (χ4v) is 4.55. The van der Waals surface area contributed by atoms with Gasteiger partial charge in [0.1, 0.15) is 12.1 Å². The van der Waals surface area contributed by atoms with Crippen LogP contribution in [0.1, 0.15) is 27.9 Å². The Balaban J connectivity index is 1.55. The Hall–Kier alpha value is -3.33. The molecule has 0 aliphatic carbocycles. The van der Waals surface area contributed by atoms with E-state index in [0.717, 1.165) is 16.0 Å². The first-order valence-corrected chi connectivity index (χ1v) is 11.6. The van der Waals surface area contributed by atoms with Crippen LogP contribution in [0.2, 0.25) is 0 Å². The van der Waals surface area contributed by atoms with Crippen molar-refractivity contribution < 1.29 is 24.3 Å². The number of carboxylic acid groups (broad SMARTS) is 1. The van der Waals surface area contributed by atoms with Crippen molar-refractivity contribution in [1.82, 2.24) is 10.2 Å². The summed E-state index contributed by atoms with van der Waals surface area (Å²) in [7, 11) is 0. The smallest absolute Gasteiger partial charge is 0.332 e. The number of benzene rings is 2. The van der Waals surface area contributed by atoms with Crippen LogP contribution >= 0.6 is 11.8 Å². The third kappa shape index (κ3) is 4.08. The van der Waals surface area contributed by atoms with Crippen LogP contribution in [0.5, 0.6) is 0 Å². The minimum absolute atomic E-state index is 0.187. The molecule has 2 N–H and O–H groups in total. The number of fused-ring (bicyclic) bond motifs is 2. The van der Waals surface area contributed by atoms with Crippen LogP contribution in [-0.2, 0) is 22.6 Å². The van der Waals surface area contributed by atoms with Gasteiger partial charge in [0.2, 0.25) is 0 Å². The molecule has 0 saturated carbocycles. The van der Waals surface area contributed by atoms with E-state index in [4.69, 9.17) is 0 Å². The molecule has 2 aromatic rings. The fourth-order valence-electron chi connectivity index (χ4n) is 4.07. The number of amides is 4. The van der Waals surface area contributed by atoms with E-state index in [9.17, 15) is 24.3 Å². The van der Waals surface area contributed by atoms with Gasteiger partial charge < -0.3 is 15.3 Å². The average Bonchev–Trinajstić information content (AvgIpc) is 3.04. The number of nitrogens with one attached hydrogen (secondary N) is 1. The fraction of sp³-hybridized carbons (Fsp3) is 0.304. The second kappa shape index (κ2) is 9.04. The van der Waals surface area contributed by atoms with Crippen LogP contribution in [0.15, 0.2) is 48.5 Å². The number of aliphatic carboxylic acids is 1. The molecule has 1 saturated heterocycles. The zero-order valence-corrected chi connectivity index (χ0v) is 18.3. The number of urea groups is 1. The third-order valence-electron chi connectivity index (χ3n) is 5.77. The normalized spacial score (nSPS) is 18.2. The highest BCUT2D eigenvalue weighted by Gasteiger charge is 2.47. The molecule has 2 heterocycles. The SMILES string of the molecule is CSCC[C@H](NC(=O)c1cccc(N2C(=O)[C@@H]3Cc4ccccc4CN3C2=O)c1)C(=O)O. The number of rotatable bonds is 7. The molecular formula is C23H23N3O5S. The number of hydrogen-bond acceptors (Lipinski definition) is 5. The lowest BCUT2D eigenvalue weighted by Gasteiger charge is -2.28. The lowest BCUT2D eigenvalue weighted by molar-refractivity contribution is -0.139. The molecule has 2 aliphatic heterocycles. The van der Waals surface area contributed by atoms with Crippen molar-refractivity contribution in [3.8, 4) is 0 Å². The van der Waals surface area contributed by atoms with E-state index >= 15 is 0 Å².